The van der Waals surface area contributed by atoms with E-state index >= 15 is 0 Å². The summed E-state index contributed by atoms with van der Waals surface area (Å²) in [6.45, 7) is 7.13. The van der Waals surface area contributed by atoms with Crippen LogP contribution in [-0.4, -0.2) is 37.0 Å². The monoisotopic (exact) mass is 237 g/mol. The first-order valence-corrected chi connectivity index (χ1v) is 8.06. The lowest BCUT2D eigenvalue weighted by atomic mass is 10.3. The van der Waals surface area contributed by atoms with Gasteiger partial charge in [0, 0.05) is 0 Å². The molecule has 1 heterocycles. The molecule has 1 aliphatic rings. The molecular formula is C9H20NO2PS. The Morgan fingerprint density at radius 3 is 2.57 bits per heavy atom. The van der Waals surface area contributed by atoms with Gasteiger partial charge >= 0.3 is 0 Å². The molecule has 0 spiro atoms. The number of nitrogens with zero attached hydrogens (tertiary/aromatic N) is 1. The van der Waals surface area contributed by atoms with Crippen molar-refractivity contribution in [3.63, 3.8) is 0 Å². The molecule has 1 rings (SSSR count). The Labute approximate surface area is 91.9 Å². The third-order valence-corrected chi connectivity index (χ3v) is 5.34. The molecule has 0 N–H and O–H groups in total. The van der Waals surface area contributed by atoms with Crippen LogP contribution < -0.4 is 0 Å². The van der Waals surface area contributed by atoms with E-state index in [0.29, 0.717) is 0 Å². The van der Waals surface area contributed by atoms with Gasteiger partial charge in [-0.2, -0.15) is 0 Å². The van der Waals surface area contributed by atoms with Crippen molar-refractivity contribution in [1.82, 2.24) is 4.90 Å². The molecule has 0 aromatic rings. The van der Waals surface area contributed by atoms with Crippen molar-refractivity contribution >= 4 is 18.3 Å². The molecule has 0 aromatic heterocycles. The molecule has 1 fully saturated rings. The predicted molar refractivity (Wildman–Crippen MR) is 63.2 cm³/mol. The van der Waals surface area contributed by atoms with Crippen molar-refractivity contribution < 1.29 is 9.05 Å². The summed E-state index contributed by atoms with van der Waals surface area (Å²) >= 11 is 5.46. The zero-order valence-electron chi connectivity index (χ0n) is 9.23. The van der Waals surface area contributed by atoms with Crippen molar-refractivity contribution in [1.29, 1.82) is 0 Å². The van der Waals surface area contributed by atoms with Crippen LogP contribution in [0.25, 0.3) is 0 Å². The Bertz CT molecular complexity index is 221. The summed E-state index contributed by atoms with van der Waals surface area (Å²) in [5, 5.41) is 0. The van der Waals surface area contributed by atoms with Gasteiger partial charge in [0.15, 0.2) is 0 Å². The fourth-order valence-electron chi connectivity index (χ4n) is 1.46. The predicted octanol–water partition coefficient (Wildman–Crippen LogP) is 2.42. The molecule has 0 amide bonds. The second-order valence-electron chi connectivity index (χ2n) is 3.59. The summed E-state index contributed by atoms with van der Waals surface area (Å²) in [6, 6.07) is 0. The maximum absolute atomic E-state index is 5.77. The minimum atomic E-state index is -2.00. The van der Waals surface area contributed by atoms with Crippen LogP contribution >= 0.6 is 6.49 Å². The third-order valence-electron chi connectivity index (χ3n) is 2.42. The Hall–Kier alpha value is 0.530. The van der Waals surface area contributed by atoms with Crippen molar-refractivity contribution in [3.05, 3.63) is 0 Å². The highest BCUT2D eigenvalue weighted by Crippen LogP contribution is 2.52. The standard InChI is InChI=1S/C9H20NO2PS/c1-4-10(5-2)8-13(14)11-7-6-9(3)12-13/h9H,4-8H2,1-3H3. The molecule has 0 bridgehead atoms. The van der Waals surface area contributed by atoms with E-state index in [9.17, 15) is 0 Å². The average Bonchev–Trinajstić information content (AvgIpc) is 2.14. The Morgan fingerprint density at radius 1 is 1.43 bits per heavy atom. The van der Waals surface area contributed by atoms with Crippen molar-refractivity contribution in [3.8, 4) is 0 Å². The van der Waals surface area contributed by atoms with Gasteiger partial charge in [-0.15, -0.1) is 0 Å². The third kappa shape index (κ3) is 3.59. The Kier molecular flexibility index (Phi) is 5.01. The van der Waals surface area contributed by atoms with Crippen molar-refractivity contribution in [2.75, 3.05) is 26.0 Å². The molecule has 1 aliphatic heterocycles. The summed E-state index contributed by atoms with van der Waals surface area (Å²) in [5.41, 5.74) is 0. The normalized spacial score (nSPS) is 33.6. The molecule has 1 saturated heterocycles. The number of hydrogen-bond donors (Lipinski definition) is 0. The van der Waals surface area contributed by atoms with Crippen LogP contribution in [0.1, 0.15) is 27.2 Å². The Morgan fingerprint density at radius 2 is 2.07 bits per heavy atom. The summed E-state index contributed by atoms with van der Waals surface area (Å²) < 4.78 is 11.4. The van der Waals surface area contributed by atoms with Crippen molar-refractivity contribution in [2.24, 2.45) is 0 Å². The fourth-order valence-corrected chi connectivity index (χ4v) is 4.75. The number of rotatable bonds is 4. The molecule has 3 nitrogen and oxygen atoms in total. The molecule has 84 valence electrons. The molecule has 0 aromatic carbocycles. The van der Waals surface area contributed by atoms with Crippen LogP contribution in [0.3, 0.4) is 0 Å². The summed E-state index contributed by atoms with van der Waals surface area (Å²) in [5.74, 6) is 0. The van der Waals surface area contributed by atoms with E-state index in [1.165, 1.54) is 0 Å². The second kappa shape index (κ2) is 5.57. The first kappa shape index (κ1) is 12.6. The quantitative estimate of drug-likeness (QED) is 0.700. The largest absolute Gasteiger partial charge is 0.328 e. The SMILES string of the molecule is CCN(CC)CP1(=S)OCCC(C)O1. The summed E-state index contributed by atoms with van der Waals surface area (Å²) in [6.07, 6.45) is 2.03. The van der Waals surface area contributed by atoms with E-state index < -0.39 is 6.49 Å². The smallest absolute Gasteiger partial charge is 0.203 e. The molecule has 0 saturated carbocycles. The molecule has 0 aliphatic carbocycles. The van der Waals surface area contributed by atoms with Crippen LogP contribution in [0, 0.1) is 0 Å². The lowest BCUT2D eigenvalue weighted by Crippen LogP contribution is -2.28. The molecule has 14 heavy (non-hydrogen) atoms. The summed E-state index contributed by atoms with van der Waals surface area (Å²) in [4.78, 5) is 2.28. The van der Waals surface area contributed by atoms with Gasteiger partial charge in [0.1, 0.15) is 0 Å². The van der Waals surface area contributed by atoms with Gasteiger partial charge in [-0.05, 0) is 38.2 Å². The van der Waals surface area contributed by atoms with Crippen LogP contribution in [0.2, 0.25) is 0 Å². The average molecular weight is 237 g/mol. The minimum Gasteiger partial charge on any atom is -0.328 e. The van der Waals surface area contributed by atoms with Gasteiger partial charge in [0.25, 0.3) is 0 Å². The van der Waals surface area contributed by atoms with Gasteiger partial charge in [0.2, 0.25) is 6.49 Å². The number of hydrogen-bond acceptors (Lipinski definition) is 4. The van der Waals surface area contributed by atoms with E-state index in [1.807, 2.05) is 0 Å². The Balaban J connectivity index is 2.51. The zero-order chi connectivity index (χ0) is 10.6. The van der Waals surface area contributed by atoms with Gasteiger partial charge in [-0.3, -0.25) is 4.90 Å². The topological polar surface area (TPSA) is 21.7 Å². The molecule has 0 radical (unpaired) electrons. The van der Waals surface area contributed by atoms with Crippen LogP contribution in [0.5, 0.6) is 0 Å². The zero-order valence-corrected chi connectivity index (χ0v) is 10.9. The maximum Gasteiger partial charge on any atom is 0.203 e. The van der Waals surface area contributed by atoms with Gasteiger partial charge in [-0.25, -0.2) is 0 Å². The van der Waals surface area contributed by atoms with Gasteiger partial charge in [0.05, 0.1) is 19.0 Å². The van der Waals surface area contributed by atoms with Crippen LogP contribution in [0.4, 0.5) is 0 Å². The lowest BCUT2D eigenvalue weighted by Gasteiger charge is -2.34. The molecule has 2 unspecified atom stereocenters. The maximum atomic E-state index is 5.77. The highest BCUT2D eigenvalue weighted by atomic mass is 32.5. The first-order valence-electron chi connectivity index (χ1n) is 5.24. The van der Waals surface area contributed by atoms with Gasteiger partial charge < -0.3 is 9.05 Å². The van der Waals surface area contributed by atoms with Crippen LogP contribution in [-0.2, 0) is 20.9 Å². The second-order valence-corrected chi connectivity index (χ2v) is 7.24. The molecule has 5 heteroatoms. The highest BCUT2D eigenvalue weighted by molar-refractivity contribution is 8.09. The van der Waals surface area contributed by atoms with Crippen LogP contribution in [0.15, 0.2) is 0 Å². The highest BCUT2D eigenvalue weighted by Gasteiger charge is 2.28. The van der Waals surface area contributed by atoms with E-state index in [0.717, 1.165) is 32.4 Å². The first-order chi connectivity index (χ1) is 6.59. The van der Waals surface area contributed by atoms with E-state index in [4.69, 9.17) is 20.9 Å². The minimum absolute atomic E-state index is 0.269. The molecular weight excluding hydrogens is 217 g/mol. The summed E-state index contributed by atoms with van der Waals surface area (Å²) in [7, 11) is 0. The van der Waals surface area contributed by atoms with E-state index in [2.05, 4.69) is 25.7 Å². The van der Waals surface area contributed by atoms with Crippen molar-refractivity contribution in [2.45, 2.75) is 33.3 Å². The molecule has 2 atom stereocenters. The van der Waals surface area contributed by atoms with Gasteiger partial charge in [-0.1, -0.05) is 13.8 Å². The van der Waals surface area contributed by atoms with E-state index in [1.54, 1.807) is 0 Å². The fraction of sp³-hybridized carbons (Fsp3) is 1.00. The van der Waals surface area contributed by atoms with E-state index in [-0.39, 0.29) is 6.10 Å². The lowest BCUT2D eigenvalue weighted by molar-refractivity contribution is 0.111.